The summed E-state index contributed by atoms with van der Waals surface area (Å²) in [6, 6.07) is 5.12. The SMILES string of the molecule is COCCN(C(=O)COc1nc2ccc(Cl)cc2o1)C1=CC(C)(C)CC(C)=C1. The predicted molar refractivity (Wildman–Crippen MR) is 108 cm³/mol. The zero-order chi connectivity index (χ0) is 20.3. The second kappa shape index (κ2) is 8.37. The van der Waals surface area contributed by atoms with Gasteiger partial charge in [-0.05, 0) is 37.0 Å². The summed E-state index contributed by atoms with van der Waals surface area (Å²) in [5, 5.41) is 0.547. The van der Waals surface area contributed by atoms with Crippen molar-refractivity contribution in [2.24, 2.45) is 5.41 Å². The third-order valence-electron chi connectivity index (χ3n) is 4.45. The van der Waals surface area contributed by atoms with Gasteiger partial charge < -0.3 is 18.8 Å². The lowest BCUT2D eigenvalue weighted by molar-refractivity contribution is -0.132. The summed E-state index contributed by atoms with van der Waals surface area (Å²) in [6.07, 6.45) is 5.17. The first-order valence-electron chi connectivity index (χ1n) is 9.16. The molecular formula is C21H25ClN2O4. The number of methoxy groups -OCH3 is 1. The summed E-state index contributed by atoms with van der Waals surface area (Å²) in [6.45, 7) is 7.07. The summed E-state index contributed by atoms with van der Waals surface area (Å²) in [7, 11) is 1.61. The Labute approximate surface area is 169 Å². The minimum absolute atomic E-state index is 0.0137. The van der Waals surface area contributed by atoms with Crippen molar-refractivity contribution in [2.75, 3.05) is 26.9 Å². The van der Waals surface area contributed by atoms with Crippen LogP contribution in [0.15, 0.2) is 46.0 Å². The number of oxazole rings is 1. The molecule has 0 atom stereocenters. The molecule has 7 heteroatoms. The first-order valence-corrected chi connectivity index (χ1v) is 9.53. The molecule has 1 aliphatic rings. The van der Waals surface area contributed by atoms with Gasteiger partial charge in [0.15, 0.2) is 12.2 Å². The van der Waals surface area contributed by atoms with Crippen LogP contribution in [0.1, 0.15) is 27.2 Å². The number of nitrogens with zero attached hydrogens (tertiary/aromatic N) is 2. The topological polar surface area (TPSA) is 64.8 Å². The number of carbonyl (C=O) groups excluding carboxylic acids is 1. The lowest BCUT2D eigenvalue weighted by Crippen LogP contribution is -2.37. The minimum atomic E-state index is -0.190. The van der Waals surface area contributed by atoms with Gasteiger partial charge in [0.2, 0.25) is 0 Å². The molecule has 1 aliphatic carbocycles. The molecule has 0 N–H and O–H groups in total. The number of hydrogen-bond donors (Lipinski definition) is 0. The highest BCUT2D eigenvalue weighted by Gasteiger charge is 2.26. The van der Waals surface area contributed by atoms with Crippen LogP contribution >= 0.6 is 11.6 Å². The Morgan fingerprint density at radius 1 is 1.39 bits per heavy atom. The third-order valence-corrected chi connectivity index (χ3v) is 4.68. The average Bonchev–Trinajstić information content (AvgIpc) is 3.00. The van der Waals surface area contributed by atoms with Crippen LogP contribution in [0, 0.1) is 5.41 Å². The lowest BCUT2D eigenvalue weighted by atomic mass is 9.81. The molecule has 28 heavy (non-hydrogen) atoms. The molecule has 150 valence electrons. The molecule has 0 saturated carbocycles. The zero-order valence-electron chi connectivity index (χ0n) is 16.6. The summed E-state index contributed by atoms with van der Waals surface area (Å²) < 4.78 is 16.2. The third kappa shape index (κ3) is 4.94. The van der Waals surface area contributed by atoms with Crippen LogP contribution in [-0.2, 0) is 9.53 Å². The standard InChI is InChI=1S/C21H25ClN2O4/c1-14-9-16(12-21(2,3)11-14)24(7-8-26-4)19(25)13-27-20-23-17-6-5-15(22)10-18(17)28-20/h5-6,9-10,12H,7-8,11,13H2,1-4H3. The second-order valence-electron chi connectivity index (χ2n) is 7.64. The second-order valence-corrected chi connectivity index (χ2v) is 8.08. The van der Waals surface area contributed by atoms with Crippen LogP contribution in [0.2, 0.25) is 5.02 Å². The van der Waals surface area contributed by atoms with E-state index in [2.05, 4.69) is 31.8 Å². The number of ether oxygens (including phenoxy) is 2. The summed E-state index contributed by atoms with van der Waals surface area (Å²) >= 11 is 5.95. The van der Waals surface area contributed by atoms with Gasteiger partial charge in [-0.15, -0.1) is 0 Å². The molecule has 1 amide bonds. The number of rotatable bonds is 7. The fourth-order valence-electron chi connectivity index (χ4n) is 3.39. The van der Waals surface area contributed by atoms with Crippen molar-refractivity contribution in [2.45, 2.75) is 27.2 Å². The normalized spacial score (nSPS) is 15.9. The Balaban J connectivity index is 1.74. The molecule has 0 aliphatic heterocycles. The molecule has 0 radical (unpaired) electrons. The van der Waals surface area contributed by atoms with Gasteiger partial charge in [0.1, 0.15) is 5.52 Å². The number of halogens is 1. The smallest absolute Gasteiger partial charge is 0.395 e. The van der Waals surface area contributed by atoms with Crippen molar-refractivity contribution in [1.29, 1.82) is 0 Å². The van der Waals surface area contributed by atoms with Crippen LogP contribution in [-0.4, -0.2) is 42.7 Å². The van der Waals surface area contributed by atoms with Crippen molar-refractivity contribution < 1.29 is 18.7 Å². The highest BCUT2D eigenvalue weighted by molar-refractivity contribution is 6.31. The van der Waals surface area contributed by atoms with E-state index < -0.39 is 0 Å². The van der Waals surface area contributed by atoms with E-state index in [-0.39, 0.29) is 24.0 Å². The van der Waals surface area contributed by atoms with E-state index in [1.54, 1.807) is 30.2 Å². The van der Waals surface area contributed by atoms with Gasteiger partial charge in [0.05, 0.1) is 6.61 Å². The van der Waals surface area contributed by atoms with Crippen molar-refractivity contribution in [3.05, 3.63) is 46.6 Å². The number of amides is 1. The van der Waals surface area contributed by atoms with Crippen molar-refractivity contribution in [3.8, 4) is 6.08 Å². The van der Waals surface area contributed by atoms with Gasteiger partial charge in [-0.25, -0.2) is 0 Å². The van der Waals surface area contributed by atoms with E-state index in [0.717, 1.165) is 12.1 Å². The van der Waals surface area contributed by atoms with Gasteiger partial charge in [-0.2, -0.15) is 4.98 Å². The molecule has 1 aromatic carbocycles. The van der Waals surface area contributed by atoms with Crippen LogP contribution in [0.4, 0.5) is 0 Å². The largest absolute Gasteiger partial charge is 0.440 e. The summed E-state index contributed by atoms with van der Waals surface area (Å²) in [5.74, 6) is -0.190. The van der Waals surface area contributed by atoms with E-state index in [1.165, 1.54) is 5.57 Å². The van der Waals surface area contributed by atoms with Crippen molar-refractivity contribution in [3.63, 3.8) is 0 Å². The number of fused-ring (bicyclic) bond motifs is 1. The van der Waals surface area contributed by atoms with Gasteiger partial charge >= 0.3 is 6.08 Å². The fraction of sp³-hybridized carbons (Fsp3) is 0.429. The number of hydrogen-bond acceptors (Lipinski definition) is 5. The van der Waals surface area contributed by atoms with Crippen LogP contribution in [0.5, 0.6) is 6.08 Å². The van der Waals surface area contributed by atoms with Gasteiger partial charge in [0.25, 0.3) is 5.91 Å². The molecule has 0 bridgehead atoms. The molecule has 1 heterocycles. The fourth-order valence-corrected chi connectivity index (χ4v) is 3.55. The maximum Gasteiger partial charge on any atom is 0.395 e. The van der Waals surface area contributed by atoms with E-state index in [0.29, 0.717) is 29.3 Å². The Hall–Kier alpha value is -2.31. The van der Waals surface area contributed by atoms with Crippen LogP contribution in [0.25, 0.3) is 11.1 Å². The summed E-state index contributed by atoms with van der Waals surface area (Å²) in [5.41, 5.74) is 3.22. The summed E-state index contributed by atoms with van der Waals surface area (Å²) in [4.78, 5) is 18.8. The molecule has 0 fully saturated rings. The number of benzene rings is 1. The van der Waals surface area contributed by atoms with Gasteiger partial charge in [0, 0.05) is 30.4 Å². The predicted octanol–water partition coefficient (Wildman–Crippen LogP) is 4.60. The van der Waals surface area contributed by atoms with E-state index >= 15 is 0 Å². The molecule has 1 aromatic heterocycles. The van der Waals surface area contributed by atoms with Gasteiger partial charge in [-0.1, -0.05) is 37.1 Å². The average molecular weight is 405 g/mol. The Morgan fingerprint density at radius 2 is 2.18 bits per heavy atom. The molecule has 6 nitrogen and oxygen atoms in total. The van der Waals surface area contributed by atoms with Crippen LogP contribution < -0.4 is 4.74 Å². The van der Waals surface area contributed by atoms with E-state index in [9.17, 15) is 4.79 Å². The van der Waals surface area contributed by atoms with Crippen molar-refractivity contribution >= 4 is 28.6 Å². The Morgan fingerprint density at radius 3 is 2.89 bits per heavy atom. The quantitative estimate of drug-likeness (QED) is 0.675. The molecular weight excluding hydrogens is 380 g/mol. The highest BCUT2D eigenvalue weighted by Crippen LogP contribution is 2.34. The number of carbonyl (C=O) groups is 1. The van der Waals surface area contributed by atoms with E-state index in [4.69, 9.17) is 25.5 Å². The molecule has 0 spiro atoms. The number of allylic oxidation sites excluding steroid dienone is 3. The molecule has 0 unspecified atom stereocenters. The first kappa shape index (κ1) is 20.4. The molecule has 2 aromatic rings. The molecule has 3 rings (SSSR count). The van der Waals surface area contributed by atoms with Gasteiger partial charge in [-0.3, -0.25) is 4.79 Å². The Bertz CT molecular complexity index is 930. The lowest BCUT2D eigenvalue weighted by Gasteiger charge is -2.32. The van der Waals surface area contributed by atoms with E-state index in [1.807, 2.05) is 6.08 Å². The van der Waals surface area contributed by atoms with Crippen LogP contribution in [0.3, 0.4) is 0 Å². The Kier molecular flexibility index (Phi) is 6.10. The monoisotopic (exact) mass is 404 g/mol. The maximum atomic E-state index is 12.9. The molecule has 0 saturated heterocycles. The highest BCUT2D eigenvalue weighted by atomic mass is 35.5. The zero-order valence-corrected chi connectivity index (χ0v) is 17.4. The minimum Gasteiger partial charge on any atom is -0.440 e. The first-order chi connectivity index (χ1) is 13.3. The number of aromatic nitrogens is 1. The maximum absolute atomic E-state index is 12.9. The van der Waals surface area contributed by atoms with Crippen molar-refractivity contribution in [1.82, 2.24) is 9.88 Å².